The molecule has 0 atom stereocenters. The summed E-state index contributed by atoms with van der Waals surface area (Å²) in [5, 5.41) is 13.1. The van der Waals surface area contributed by atoms with Crippen LogP contribution < -0.4 is 0 Å². The summed E-state index contributed by atoms with van der Waals surface area (Å²) in [6, 6.07) is 1.85. The molecule has 1 fully saturated rings. The molecule has 2 heterocycles. The van der Waals surface area contributed by atoms with Crippen LogP contribution in [0.3, 0.4) is 0 Å². The summed E-state index contributed by atoms with van der Waals surface area (Å²) in [4.78, 5) is 14.4. The van der Waals surface area contributed by atoms with Crippen molar-refractivity contribution in [3.8, 4) is 0 Å². The van der Waals surface area contributed by atoms with Gasteiger partial charge in [0, 0.05) is 19.6 Å². The average molecular weight is 281 g/mol. The highest BCUT2D eigenvalue weighted by atomic mass is 16.5. The van der Waals surface area contributed by atoms with E-state index in [1.54, 1.807) is 4.68 Å². The number of aliphatic hydroxyl groups excluding tert-OH is 1. The van der Waals surface area contributed by atoms with E-state index in [9.17, 15) is 4.79 Å². The number of likely N-dealkylation sites (tertiary alicyclic amines) is 1. The topological polar surface area (TPSA) is 67.6 Å². The van der Waals surface area contributed by atoms with E-state index in [-0.39, 0.29) is 18.6 Å². The van der Waals surface area contributed by atoms with Crippen molar-refractivity contribution in [1.29, 1.82) is 0 Å². The van der Waals surface area contributed by atoms with Crippen molar-refractivity contribution in [2.24, 2.45) is 0 Å². The molecule has 0 unspecified atom stereocenters. The summed E-state index contributed by atoms with van der Waals surface area (Å²) in [5.74, 6) is 0.0491. The van der Waals surface area contributed by atoms with Crippen molar-refractivity contribution in [3.05, 3.63) is 17.5 Å². The smallest absolute Gasteiger partial charge is 0.272 e. The van der Waals surface area contributed by atoms with Gasteiger partial charge >= 0.3 is 0 Å². The number of aryl methyl sites for hydroxylation is 2. The van der Waals surface area contributed by atoms with Crippen molar-refractivity contribution < 1.29 is 14.6 Å². The van der Waals surface area contributed by atoms with Crippen LogP contribution in [0.2, 0.25) is 0 Å². The number of hydrogen-bond donors (Lipinski definition) is 1. The summed E-state index contributed by atoms with van der Waals surface area (Å²) in [5.41, 5.74) is 1.54. The molecule has 6 heteroatoms. The Balaban J connectivity index is 1.94. The highest BCUT2D eigenvalue weighted by Crippen LogP contribution is 2.17. The SMILES string of the molecule is CCn1nc(C)cc1C(=O)N1CCC(OCCO)CC1. The van der Waals surface area contributed by atoms with E-state index in [0.717, 1.165) is 18.5 Å². The predicted octanol–water partition coefficient (Wildman–Crippen LogP) is 0.825. The lowest BCUT2D eigenvalue weighted by Crippen LogP contribution is -2.41. The Morgan fingerprint density at radius 2 is 2.20 bits per heavy atom. The Labute approximate surface area is 119 Å². The molecule has 1 N–H and O–H groups in total. The number of carbonyl (C=O) groups excluding carboxylic acids is 1. The third-order valence-corrected chi connectivity index (χ3v) is 3.59. The number of carbonyl (C=O) groups is 1. The fraction of sp³-hybridized carbons (Fsp3) is 0.714. The summed E-state index contributed by atoms with van der Waals surface area (Å²) in [7, 11) is 0. The third kappa shape index (κ3) is 3.37. The van der Waals surface area contributed by atoms with Crippen LogP contribution in [0.15, 0.2) is 6.07 Å². The largest absolute Gasteiger partial charge is 0.394 e. The molecule has 0 spiro atoms. The number of aromatic nitrogens is 2. The Hall–Kier alpha value is -1.40. The molecule has 1 aromatic heterocycles. The fourth-order valence-corrected chi connectivity index (χ4v) is 2.57. The lowest BCUT2D eigenvalue weighted by Gasteiger charge is -2.31. The monoisotopic (exact) mass is 281 g/mol. The second-order valence-electron chi connectivity index (χ2n) is 5.07. The molecule has 1 aliphatic rings. The number of hydrogen-bond acceptors (Lipinski definition) is 4. The molecule has 2 rings (SSSR count). The number of rotatable bonds is 5. The summed E-state index contributed by atoms with van der Waals surface area (Å²) < 4.78 is 7.27. The molecule has 1 aliphatic heterocycles. The maximum absolute atomic E-state index is 12.5. The van der Waals surface area contributed by atoms with Gasteiger partial charge in [-0.3, -0.25) is 9.48 Å². The molecule has 1 aromatic rings. The fourth-order valence-electron chi connectivity index (χ4n) is 2.57. The molecule has 0 radical (unpaired) electrons. The van der Waals surface area contributed by atoms with Crippen LogP contribution in [-0.4, -0.2) is 58.1 Å². The van der Waals surface area contributed by atoms with Gasteiger partial charge in [-0.1, -0.05) is 0 Å². The highest BCUT2D eigenvalue weighted by molar-refractivity contribution is 5.92. The van der Waals surface area contributed by atoms with Gasteiger partial charge < -0.3 is 14.7 Å². The van der Waals surface area contributed by atoms with Crippen LogP contribution in [0.1, 0.15) is 35.9 Å². The zero-order valence-corrected chi connectivity index (χ0v) is 12.2. The first-order valence-electron chi connectivity index (χ1n) is 7.22. The van der Waals surface area contributed by atoms with E-state index in [0.29, 0.717) is 31.9 Å². The number of aliphatic hydroxyl groups is 1. The molecule has 0 bridgehead atoms. The Bertz CT molecular complexity index is 451. The van der Waals surface area contributed by atoms with Crippen LogP contribution in [0.4, 0.5) is 0 Å². The van der Waals surface area contributed by atoms with E-state index in [1.807, 2.05) is 24.8 Å². The van der Waals surface area contributed by atoms with Crippen LogP contribution in [0.25, 0.3) is 0 Å². The minimum atomic E-state index is 0.0491. The second-order valence-corrected chi connectivity index (χ2v) is 5.07. The van der Waals surface area contributed by atoms with Crippen molar-refractivity contribution >= 4 is 5.91 Å². The van der Waals surface area contributed by atoms with Crippen LogP contribution in [0.5, 0.6) is 0 Å². The number of nitrogens with zero attached hydrogens (tertiary/aromatic N) is 3. The zero-order chi connectivity index (χ0) is 14.5. The quantitative estimate of drug-likeness (QED) is 0.868. The van der Waals surface area contributed by atoms with Gasteiger partial charge in [-0.05, 0) is 32.8 Å². The molecule has 0 aromatic carbocycles. The van der Waals surface area contributed by atoms with Gasteiger partial charge in [0.25, 0.3) is 5.91 Å². The van der Waals surface area contributed by atoms with E-state index in [1.165, 1.54) is 0 Å². The maximum Gasteiger partial charge on any atom is 0.272 e. The van der Waals surface area contributed by atoms with Gasteiger partial charge in [-0.15, -0.1) is 0 Å². The van der Waals surface area contributed by atoms with Crippen molar-refractivity contribution in [1.82, 2.24) is 14.7 Å². The van der Waals surface area contributed by atoms with Crippen LogP contribution in [0, 0.1) is 6.92 Å². The number of piperidine rings is 1. The van der Waals surface area contributed by atoms with Crippen molar-refractivity contribution in [3.63, 3.8) is 0 Å². The molecular weight excluding hydrogens is 258 g/mol. The van der Waals surface area contributed by atoms with Crippen LogP contribution in [-0.2, 0) is 11.3 Å². The van der Waals surface area contributed by atoms with Gasteiger partial charge in [-0.2, -0.15) is 5.10 Å². The minimum Gasteiger partial charge on any atom is -0.394 e. The standard InChI is InChI=1S/C14H23N3O3/c1-3-17-13(10-11(2)15-17)14(19)16-6-4-12(5-7-16)20-9-8-18/h10,12,18H,3-9H2,1-2H3. The van der Waals surface area contributed by atoms with E-state index < -0.39 is 0 Å². The molecule has 0 aliphatic carbocycles. The summed E-state index contributed by atoms with van der Waals surface area (Å²) >= 11 is 0. The summed E-state index contributed by atoms with van der Waals surface area (Å²) in [6.07, 6.45) is 1.81. The Morgan fingerprint density at radius 1 is 1.50 bits per heavy atom. The Kier molecular flexibility index (Phi) is 5.14. The number of amides is 1. The minimum absolute atomic E-state index is 0.0491. The van der Waals surface area contributed by atoms with Gasteiger partial charge in [0.2, 0.25) is 0 Å². The lowest BCUT2D eigenvalue weighted by atomic mass is 10.1. The Morgan fingerprint density at radius 3 is 2.80 bits per heavy atom. The maximum atomic E-state index is 12.5. The van der Waals surface area contributed by atoms with Crippen molar-refractivity contribution in [2.75, 3.05) is 26.3 Å². The molecule has 1 saturated heterocycles. The first-order chi connectivity index (χ1) is 9.65. The highest BCUT2D eigenvalue weighted by Gasteiger charge is 2.26. The predicted molar refractivity (Wildman–Crippen MR) is 74.6 cm³/mol. The second kappa shape index (κ2) is 6.85. The molecule has 112 valence electrons. The molecule has 0 saturated carbocycles. The first kappa shape index (κ1) is 15.0. The summed E-state index contributed by atoms with van der Waals surface area (Å²) in [6.45, 7) is 6.40. The molecular formula is C14H23N3O3. The van der Waals surface area contributed by atoms with Crippen molar-refractivity contribution in [2.45, 2.75) is 39.3 Å². The van der Waals surface area contributed by atoms with E-state index in [2.05, 4.69) is 5.10 Å². The van der Waals surface area contributed by atoms with Gasteiger partial charge in [0.1, 0.15) is 5.69 Å². The van der Waals surface area contributed by atoms with Gasteiger partial charge in [0.15, 0.2) is 0 Å². The van der Waals surface area contributed by atoms with Gasteiger partial charge in [-0.25, -0.2) is 0 Å². The zero-order valence-electron chi connectivity index (χ0n) is 12.2. The van der Waals surface area contributed by atoms with Crippen LogP contribution >= 0.6 is 0 Å². The van der Waals surface area contributed by atoms with Gasteiger partial charge in [0.05, 0.1) is 25.0 Å². The van der Waals surface area contributed by atoms with E-state index in [4.69, 9.17) is 9.84 Å². The normalized spacial score (nSPS) is 16.6. The van der Waals surface area contributed by atoms with E-state index >= 15 is 0 Å². The molecule has 20 heavy (non-hydrogen) atoms. The average Bonchev–Trinajstić information content (AvgIpc) is 2.86. The molecule has 6 nitrogen and oxygen atoms in total. The third-order valence-electron chi connectivity index (χ3n) is 3.59. The first-order valence-corrected chi connectivity index (χ1v) is 7.22. The lowest BCUT2D eigenvalue weighted by molar-refractivity contribution is -0.00575. The molecule has 1 amide bonds. The number of ether oxygens (including phenoxy) is 1.